The maximum atomic E-state index is 13.0. The van der Waals surface area contributed by atoms with Gasteiger partial charge in [0.05, 0.1) is 32.2 Å². The molecule has 0 bridgehead atoms. The van der Waals surface area contributed by atoms with Gasteiger partial charge in [0.2, 0.25) is 5.91 Å². The number of likely N-dealkylation sites (tertiary alicyclic amines) is 1. The molecule has 156 valence electrons. The minimum absolute atomic E-state index is 0.146. The van der Waals surface area contributed by atoms with Crippen molar-refractivity contribution in [3.8, 4) is 22.9 Å². The minimum Gasteiger partial charge on any atom is -0.497 e. The molecule has 5 heteroatoms. The summed E-state index contributed by atoms with van der Waals surface area (Å²) in [5.74, 6) is 0.333. The molecule has 5 nitrogen and oxygen atoms in total. The Hall–Kier alpha value is -3.62. The number of hydrogen-bond donors (Lipinski definition) is 1. The predicted octanol–water partition coefficient (Wildman–Crippen LogP) is 3.78. The Bertz CT molecular complexity index is 1110. The topological polar surface area (TPSA) is 73.6 Å². The van der Waals surface area contributed by atoms with E-state index in [9.17, 15) is 15.2 Å². The zero-order valence-electron chi connectivity index (χ0n) is 17.3. The molecule has 1 heterocycles. The highest BCUT2D eigenvalue weighted by atomic mass is 16.5. The van der Waals surface area contributed by atoms with Gasteiger partial charge >= 0.3 is 0 Å². The summed E-state index contributed by atoms with van der Waals surface area (Å²) in [7, 11) is 1.63. The highest BCUT2D eigenvalue weighted by molar-refractivity contribution is 5.82. The molecule has 1 saturated heterocycles. The van der Waals surface area contributed by atoms with Crippen molar-refractivity contribution in [1.29, 1.82) is 5.26 Å². The van der Waals surface area contributed by atoms with Gasteiger partial charge in [-0.25, -0.2) is 0 Å². The SMILES string of the molecule is COc1cccc(-c2ccccc2[C@H]2[C@@H](C#N)N(C(=O)Cc3ccccc3)[C@@H]2CO)c1. The lowest BCUT2D eigenvalue weighted by atomic mass is 9.73. The van der Waals surface area contributed by atoms with Crippen molar-refractivity contribution in [3.63, 3.8) is 0 Å². The molecule has 0 radical (unpaired) electrons. The fourth-order valence-electron chi connectivity index (χ4n) is 4.43. The van der Waals surface area contributed by atoms with E-state index >= 15 is 0 Å². The summed E-state index contributed by atoms with van der Waals surface area (Å²) in [6.45, 7) is -0.199. The zero-order valence-corrected chi connectivity index (χ0v) is 17.3. The zero-order chi connectivity index (χ0) is 21.8. The van der Waals surface area contributed by atoms with Crippen molar-refractivity contribution >= 4 is 5.91 Å². The summed E-state index contributed by atoms with van der Waals surface area (Å²) in [6.07, 6.45) is 0.208. The van der Waals surface area contributed by atoms with Gasteiger partial charge in [0.1, 0.15) is 11.8 Å². The maximum absolute atomic E-state index is 13.0. The first kappa shape index (κ1) is 20.6. The fraction of sp³-hybridized carbons (Fsp3) is 0.231. The number of carbonyl (C=O) groups excluding carboxylic acids is 1. The quantitative estimate of drug-likeness (QED) is 0.669. The molecule has 1 aliphatic heterocycles. The highest BCUT2D eigenvalue weighted by Crippen LogP contribution is 2.44. The standard InChI is InChI=1S/C26H24N2O3/c1-31-20-11-7-10-19(15-20)21-12-5-6-13-22(21)26-23(16-27)28(24(26)17-29)25(30)14-18-8-3-2-4-9-18/h2-13,15,23-24,26,29H,14,17H2,1H3/t23-,24-,26+/m1/s1. The molecule has 3 aromatic carbocycles. The van der Waals surface area contributed by atoms with E-state index in [0.29, 0.717) is 0 Å². The molecule has 1 aliphatic rings. The second-order valence-electron chi connectivity index (χ2n) is 7.63. The molecule has 1 N–H and O–H groups in total. The number of hydrogen-bond acceptors (Lipinski definition) is 4. The molecule has 0 aliphatic carbocycles. The van der Waals surface area contributed by atoms with E-state index in [2.05, 4.69) is 6.07 Å². The van der Waals surface area contributed by atoms with E-state index in [-0.39, 0.29) is 24.9 Å². The van der Waals surface area contributed by atoms with Crippen molar-refractivity contribution in [2.75, 3.05) is 13.7 Å². The molecule has 0 saturated carbocycles. The lowest BCUT2D eigenvalue weighted by Gasteiger charge is -2.52. The van der Waals surface area contributed by atoms with Gasteiger partial charge < -0.3 is 14.7 Å². The largest absolute Gasteiger partial charge is 0.497 e. The molecule has 0 unspecified atom stereocenters. The summed E-state index contributed by atoms with van der Waals surface area (Å²) in [6, 6.07) is 26.3. The molecule has 3 aromatic rings. The van der Waals surface area contributed by atoms with Crippen LogP contribution in [0.1, 0.15) is 17.0 Å². The van der Waals surface area contributed by atoms with E-state index in [1.54, 1.807) is 12.0 Å². The van der Waals surface area contributed by atoms with E-state index < -0.39 is 12.1 Å². The van der Waals surface area contributed by atoms with Gasteiger partial charge in [0, 0.05) is 5.92 Å². The second kappa shape index (κ2) is 9.03. The van der Waals surface area contributed by atoms with Gasteiger partial charge in [-0.05, 0) is 34.4 Å². The number of aliphatic hydroxyl groups excluding tert-OH is 1. The first-order valence-electron chi connectivity index (χ1n) is 10.3. The number of amides is 1. The van der Waals surface area contributed by atoms with Crippen LogP contribution in [-0.2, 0) is 11.2 Å². The Balaban J connectivity index is 1.66. The van der Waals surface area contributed by atoms with Crippen LogP contribution in [0.15, 0.2) is 78.9 Å². The van der Waals surface area contributed by atoms with Gasteiger partial charge in [-0.3, -0.25) is 4.79 Å². The number of rotatable bonds is 6. The van der Waals surface area contributed by atoms with Crippen molar-refractivity contribution in [2.24, 2.45) is 0 Å². The van der Waals surface area contributed by atoms with Crippen LogP contribution in [0.5, 0.6) is 5.75 Å². The normalized spacial score (nSPS) is 19.9. The van der Waals surface area contributed by atoms with Crippen LogP contribution in [0.2, 0.25) is 0 Å². The van der Waals surface area contributed by atoms with Crippen LogP contribution in [-0.4, -0.2) is 41.7 Å². The number of aliphatic hydroxyl groups is 1. The molecular weight excluding hydrogens is 388 g/mol. The average molecular weight is 412 g/mol. The molecule has 31 heavy (non-hydrogen) atoms. The first-order chi connectivity index (χ1) is 15.2. The summed E-state index contributed by atoms with van der Waals surface area (Å²) in [5, 5.41) is 20.1. The minimum atomic E-state index is -0.625. The average Bonchev–Trinajstić information content (AvgIpc) is 2.80. The van der Waals surface area contributed by atoms with E-state index in [0.717, 1.165) is 28.0 Å². The van der Waals surface area contributed by atoms with Gasteiger partial charge in [-0.1, -0.05) is 66.7 Å². The third kappa shape index (κ3) is 3.90. The predicted molar refractivity (Wildman–Crippen MR) is 118 cm³/mol. The third-order valence-electron chi connectivity index (χ3n) is 5.92. The number of carbonyl (C=O) groups is 1. The summed E-state index contributed by atoms with van der Waals surface area (Å²) in [5.41, 5.74) is 3.78. The van der Waals surface area contributed by atoms with Crippen molar-refractivity contribution < 1.29 is 14.6 Å². The van der Waals surface area contributed by atoms with E-state index in [1.807, 2.05) is 78.9 Å². The molecule has 1 fully saturated rings. The van der Waals surface area contributed by atoms with E-state index in [1.165, 1.54) is 0 Å². The number of benzene rings is 3. The van der Waals surface area contributed by atoms with Crippen LogP contribution in [0.3, 0.4) is 0 Å². The Morgan fingerprint density at radius 2 is 1.81 bits per heavy atom. The van der Waals surface area contributed by atoms with E-state index in [4.69, 9.17) is 4.74 Å². The molecule has 0 aromatic heterocycles. The Morgan fingerprint density at radius 1 is 1.06 bits per heavy atom. The maximum Gasteiger partial charge on any atom is 0.228 e. The third-order valence-corrected chi connectivity index (χ3v) is 5.92. The summed E-state index contributed by atoms with van der Waals surface area (Å²) >= 11 is 0. The fourth-order valence-corrected chi connectivity index (χ4v) is 4.43. The van der Waals surface area contributed by atoms with Crippen LogP contribution < -0.4 is 4.74 Å². The molecule has 1 amide bonds. The summed E-state index contributed by atoms with van der Waals surface area (Å²) < 4.78 is 5.36. The van der Waals surface area contributed by atoms with Crippen LogP contribution in [0.4, 0.5) is 0 Å². The van der Waals surface area contributed by atoms with Crippen molar-refractivity contribution in [3.05, 3.63) is 90.0 Å². The molecule has 4 rings (SSSR count). The van der Waals surface area contributed by atoms with Crippen molar-refractivity contribution in [1.82, 2.24) is 4.90 Å². The lowest BCUT2D eigenvalue weighted by Crippen LogP contribution is -2.65. The molecular formula is C26H24N2O3. The monoisotopic (exact) mass is 412 g/mol. The Labute approximate surface area is 182 Å². The van der Waals surface area contributed by atoms with Gasteiger partial charge in [-0.2, -0.15) is 5.26 Å². The summed E-state index contributed by atoms with van der Waals surface area (Å²) in [4.78, 5) is 14.5. The first-order valence-corrected chi connectivity index (χ1v) is 10.3. The van der Waals surface area contributed by atoms with Crippen molar-refractivity contribution in [2.45, 2.75) is 24.4 Å². The van der Waals surface area contributed by atoms with Crippen LogP contribution in [0.25, 0.3) is 11.1 Å². The number of methoxy groups -OCH3 is 1. The number of nitriles is 1. The Kier molecular flexibility index (Phi) is 6.01. The highest BCUT2D eigenvalue weighted by Gasteiger charge is 2.52. The Morgan fingerprint density at radius 3 is 2.52 bits per heavy atom. The molecule has 0 spiro atoms. The van der Waals surface area contributed by atoms with Gasteiger partial charge in [0.25, 0.3) is 0 Å². The van der Waals surface area contributed by atoms with Gasteiger partial charge in [-0.15, -0.1) is 0 Å². The number of nitrogens with zero attached hydrogens (tertiary/aromatic N) is 2. The molecule has 3 atom stereocenters. The number of ether oxygens (including phenoxy) is 1. The van der Waals surface area contributed by atoms with Crippen LogP contribution in [0, 0.1) is 11.3 Å². The second-order valence-corrected chi connectivity index (χ2v) is 7.63. The van der Waals surface area contributed by atoms with Gasteiger partial charge in [0.15, 0.2) is 0 Å². The lowest BCUT2D eigenvalue weighted by molar-refractivity contribution is -0.146. The van der Waals surface area contributed by atoms with Crippen LogP contribution >= 0.6 is 0 Å². The smallest absolute Gasteiger partial charge is 0.228 e.